The molecule has 2 heterocycles. The minimum absolute atomic E-state index is 0.0117. The lowest BCUT2D eigenvalue weighted by atomic mass is 9.93. The first-order chi connectivity index (χ1) is 10.8. The van der Waals surface area contributed by atoms with Gasteiger partial charge in [-0.1, -0.05) is 20.8 Å². The van der Waals surface area contributed by atoms with E-state index in [0.717, 1.165) is 16.8 Å². The predicted molar refractivity (Wildman–Crippen MR) is 87.2 cm³/mol. The molecule has 126 valence electrons. The molecule has 1 aromatic rings. The van der Waals surface area contributed by atoms with Crippen LogP contribution in [0.25, 0.3) is 0 Å². The van der Waals surface area contributed by atoms with E-state index < -0.39 is 5.97 Å². The van der Waals surface area contributed by atoms with E-state index in [2.05, 4.69) is 30.5 Å². The molecule has 1 aromatic heterocycles. The Morgan fingerprint density at radius 1 is 1.43 bits per heavy atom. The highest BCUT2D eigenvalue weighted by molar-refractivity contribution is 7.09. The van der Waals surface area contributed by atoms with Gasteiger partial charge in [0.05, 0.1) is 26.0 Å². The Bertz CT molecular complexity index is 603. The number of aromatic nitrogens is 1. The van der Waals surface area contributed by atoms with Crippen LogP contribution in [0.15, 0.2) is 17.5 Å². The molecule has 1 fully saturated rings. The van der Waals surface area contributed by atoms with Crippen molar-refractivity contribution >= 4 is 23.2 Å². The molecule has 0 aromatic carbocycles. The number of morpholine rings is 1. The lowest BCUT2D eigenvalue weighted by Gasteiger charge is -2.31. The number of hydrogen-bond acceptors (Lipinski definition) is 6. The number of ether oxygens (including phenoxy) is 2. The van der Waals surface area contributed by atoms with E-state index in [0.29, 0.717) is 19.7 Å². The van der Waals surface area contributed by atoms with E-state index >= 15 is 0 Å². The number of carbonyl (C=O) groups excluding carboxylic acids is 2. The SMILES string of the molecule is COC(=O)/C=C/C(=O)N1CCOC(c2nc(C(C)(C)C)cs2)C1. The number of methoxy groups -OCH3 is 1. The number of nitrogens with zero attached hydrogens (tertiary/aromatic N) is 2. The zero-order chi connectivity index (χ0) is 17.0. The molecule has 0 N–H and O–H groups in total. The van der Waals surface area contributed by atoms with Crippen LogP contribution in [-0.2, 0) is 24.5 Å². The molecule has 0 aliphatic carbocycles. The average Bonchev–Trinajstić information content (AvgIpc) is 3.02. The fourth-order valence-corrected chi connectivity index (χ4v) is 3.18. The Kier molecular flexibility index (Phi) is 5.54. The van der Waals surface area contributed by atoms with Crippen LogP contribution in [0.2, 0.25) is 0 Å². The van der Waals surface area contributed by atoms with Gasteiger partial charge >= 0.3 is 5.97 Å². The van der Waals surface area contributed by atoms with Crippen LogP contribution in [0.3, 0.4) is 0 Å². The Morgan fingerprint density at radius 2 is 2.17 bits per heavy atom. The maximum absolute atomic E-state index is 12.1. The Morgan fingerprint density at radius 3 is 2.78 bits per heavy atom. The average molecular weight is 338 g/mol. The summed E-state index contributed by atoms with van der Waals surface area (Å²) in [5.41, 5.74) is 1.01. The second-order valence-electron chi connectivity index (χ2n) is 6.32. The van der Waals surface area contributed by atoms with Crippen LogP contribution in [0.5, 0.6) is 0 Å². The molecule has 1 unspecified atom stereocenters. The first-order valence-corrected chi connectivity index (χ1v) is 8.31. The molecular weight excluding hydrogens is 316 g/mol. The van der Waals surface area contributed by atoms with Crippen molar-refractivity contribution in [2.45, 2.75) is 32.3 Å². The summed E-state index contributed by atoms with van der Waals surface area (Å²) in [5, 5.41) is 2.92. The second kappa shape index (κ2) is 7.23. The summed E-state index contributed by atoms with van der Waals surface area (Å²) in [6, 6.07) is 0. The van der Waals surface area contributed by atoms with Crippen LogP contribution in [0.1, 0.15) is 37.6 Å². The third kappa shape index (κ3) is 4.62. The monoisotopic (exact) mass is 338 g/mol. The van der Waals surface area contributed by atoms with Crippen molar-refractivity contribution in [2.24, 2.45) is 0 Å². The molecule has 1 aliphatic heterocycles. The van der Waals surface area contributed by atoms with Gasteiger partial charge in [-0.15, -0.1) is 11.3 Å². The van der Waals surface area contributed by atoms with Crippen molar-refractivity contribution in [1.82, 2.24) is 9.88 Å². The van der Waals surface area contributed by atoms with Crippen molar-refractivity contribution in [1.29, 1.82) is 0 Å². The molecular formula is C16H22N2O4S. The summed E-state index contributed by atoms with van der Waals surface area (Å²) in [6.07, 6.45) is 2.14. The maximum Gasteiger partial charge on any atom is 0.330 e. The minimum Gasteiger partial charge on any atom is -0.466 e. The Labute approximate surface area is 140 Å². The molecule has 1 saturated heterocycles. The largest absolute Gasteiger partial charge is 0.466 e. The summed E-state index contributed by atoms with van der Waals surface area (Å²) >= 11 is 1.55. The number of carbonyl (C=O) groups is 2. The molecule has 6 nitrogen and oxygen atoms in total. The van der Waals surface area contributed by atoms with Crippen LogP contribution in [-0.4, -0.2) is 48.6 Å². The third-order valence-electron chi connectivity index (χ3n) is 3.51. The summed E-state index contributed by atoms with van der Waals surface area (Å²) in [6.45, 7) is 7.72. The minimum atomic E-state index is -0.544. The molecule has 1 amide bonds. The first kappa shape index (κ1) is 17.6. The fourth-order valence-electron chi connectivity index (χ4n) is 2.09. The van der Waals surface area contributed by atoms with Gasteiger partial charge in [0.15, 0.2) is 0 Å². The van der Waals surface area contributed by atoms with Gasteiger partial charge in [0.25, 0.3) is 0 Å². The smallest absolute Gasteiger partial charge is 0.330 e. The number of esters is 1. The van der Waals surface area contributed by atoms with Crippen molar-refractivity contribution in [3.05, 3.63) is 28.2 Å². The van der Waals surface area contributed by atoms with Gasteiger partial charge in [0.2, 0.25) is 5.91 Å². The highest BCUT2D eigenvalue weighted by Gasteiger charge is 2.28. The molecule has 2 rings (SSSR count). The second-order valence-corrected chi connectivity index (χ2v) is 7.21. The summed E-state index contributed by atoms with van der Waals surface area (Å²) in [5.74, 6) is -0.769. The Hall–Kier alpha value is -1.73. The molecule has 0 radical (unpaired) electrons. The summed E-state index contributed by atoms with van der Waals surface area (Å²) < 4.78 is 10.2. The molecule has 7 heteroatoms. The van der Waals surface area contributed by atoms with Crippen molar-refractivity contribution < 1.29 is 19.1 Å². The van der Waals surface area contributed by atoms with Gasteiger partial charge in [-0.2, -0.15) is 0 Å². The first-order valence-electron chi connectivity index (χ1n) is 7.43. The maximum atomic E-state index is 12.1. The number of rotatable bonds is 3. The van der Waals surface area contributed by atoms with Crippen LogP contribution >= 0.6 is 11.3 Å². The normalized spacial score (nSPS) is 19.1. The number of amides is 1. The fraction of sp³-hybridized carbons (Fsp3) is 0.562. The molecule has 0 bridgehead atoms. The zero-order valence-corrected chi connectivity index (χ0v) is 14.7. The molecule has 0 saturated carbocycles. The van der Waals surface area contributed by atoms with Gasteiger partial charge in [0.1, 0.15) is 11.1 Å². The van der Waals surface area contributed by atoms with E-state index in [4.69, 9.17) is 4.74 Å². The van der Waals surface area contributed by atoms with Crippen molar-refractivity contribution in [2.75, 3.05) is 26.8 Å². The molecule has 1 aliphatic rings. The van der Waals surface area contributed by atoms with Gasteiger partial charge in [0, 0.05) is 29.5 Å². The molecule has 0 spiro atoms. The van der Waals surface area contributed by atoms with Gasteiger partial charge in [-0.3, -0.25) is 4.79 Å². The number of thiazole rings is 1. The van der Waals surface area contributed by atoms with Crippen molar-refractivity contribution in [3.63, 3.8) is 0 Å². The highest BCUT2D eigenvalue weighted by Crippen LogP contribution is 2.30. The molecule has 23 heavy (non-hydrogen) atoms. The topological polar surface area (TPSA) is 68.7 Å². The van der Waals surface area contributed by atoms with Gasteiger partial charge < -0.3 is 14.4 Å². The summed E-state index contributed by atoms with van der Waals surface area (Å²) in [4.78, 5) is 29.5. The van der Waals surface area contributed by atoms with E-state index in [1.54, 1.807) is 16.2 Å². The number of hydrogen-bond donors (Lipinski definition) is 0. The molecule has 1 atom stereocenters. The lowest BCUT2D eigenvalue weighted by Crippen LogP contribution is -2.41. The third-order valence-corrected chi connectivity index (χ3v) is 4.44. The van der Waals surface area contributed by atoms with Crippen LogP contribution in [0.4, 0.5) is 0 Å². The van der Waals surface area contributed by atoms with E-state index in [-0.39, 0.29) is 17.4 Å². The van der Waals surface area contributed by atoms with E-state index in [9.17, 15) is 9.59 Å². The van der Waals surface area contributed by atoms with Crippen LogP contribution in [0, 0.1) is 0 Å². The standard InChI is InChI=1S/C16H22N2O4S/c1-16(2,3)12-10-23-15(17-12)11-9-18(7-8-22-11)13(19)5-6-14(20)21-4/h5-6,10-11H,7-9H2,1-4H3/b6-5+. The van der Waals surface area contributed by atoms with Crippen LogP contribution < -0.4 is 0 Å². The van der Waals surface area contributed by atoms with Gasteiger partial charge in [-0.05, 0) is 0 Å². The van der Waals surface area contributed by atoms with E-state index in [1.807, 2.05) is 5.38 Å². The highest BCUT2D eigenvalue weighted by atomic mass is 32.1. The van der Waals surface area contributed by atoms with Crippen molar-refractivity contribution in [3.8, 4) is 0 Å². The summed E-state index contributed by atoms with van der Waals surface area (Å²) in [7, 11) is 1.27. The quantitative estimate of drug-likeness (QED) is 0.623. The predicted octanol–water partition coefficient (Wildman–Crippen LogP) is 2.07. The van der Waals surface area contributed by atoms with E-state index in [1.165, 1.54) is 13.2 Å². The lowest BCUT2D eigenvalue weighted by molar-refractivity contribution is -0.136. The van der Waals surface area contributed by atoms with Gasteiger partial charge in [-0.25, -0.2) is 9.78 Å². The zero-order valence-electron chi connectivity index (χ0n) is 13.9. The Balaban J connectivity index is 2.03.